The number of benzene rings is 1. The van der Waals surface area contributed by atoms with Crippen LogP contribution in [0.2, 0.25) is 5.15 Å². The van der Waals surface area contributed by atoms with E-state index in [1.807, 2.05) is 43.3 Å². The van der Waals surface area contributed by atoms with Gasteiger partial charge >= 0.3 is 0 Å². The fourth-order valence-corrected chi connectivity index (χ4v) is 2.51. The predicted octanol–water partition coefficient (Wildman–Crippen LogP) is 3.71. The molecule has 1 aliphatic rings. The van der Waals surface area contributed by atoms with Crippen molar-refractivity contribution in [3.8, 4) is 0 Å². The molecule has 1 amide bonds. The zero-order valence-electron chi connectivity index (χ0n) is 11.2. The van der Waals surface area contributed by atoms with Crippen molar-refractivity contribution in [2.45, 2.75) is 25.2 Å². The van der Waals surface area contributed by atoms with Crippen LogP contribution in [0.5, 0.6) is 0 Å². The van der Waals surface area contributed by atoms with Crippen LogP contribution >= 0.6 is 11.6 Å². The maximum Gasteiger partial charge on any atom is 0.235 e. The molecule has 0 spiro atoms. The summed E-state index contributed by atoms with van der Waals surface area (Å²) in [5, 5.41) is 3.42. The molecule has 0 unspecified atom stereocenters. The van der Waals surface area contributed by atoms with Gasteiger partial charge in [0, 0.05) is 0 Å². The first kappa shape index (κ1) is 13.1. The average molecular weight is 287 g/mol. The first-order chi connectivity index (χ1) is 9.62. The Hall–Kier alpha value is -1.87. The molecule has 1 N–H and O–H groups in total. The Morgan fingerprint density at radius 1 is 1.30 bits per heavy atom. The summed E-state index contributed by atoms with van der Waals surface area (Å²) in [6.45, 7) is 1.87. The van der Waals surface area contributed by atoms with Crippen molar-refractivity contribution in [1.82, 2.24) is 4.98 Å². The summed E-state index contributed by atoms with van der Waals surface area (Å²) in [5.74, 6) is 0.0345. The number of nitrogens with zero attached hydrogens (tertiary/aromatic N) is 1. The normalized spacial score (nSPS) is 15.7. The summed E-state index contributed by atoms with van der Waals surface area (Å²) < 4.78 is 0. The summed E-state index contributed by atoms with van der Waals surface area (Å²) in [5.41, 5.74) is 2.26. The van der Waals surface area contributed by atoms with E-state index in [1.54, 1.807) is 6.20 Å². The molecular formula is C16H15ClN2O. The van der Waals surface area contributed by atoms with Crippen molar-refractivity contribution >= 4 is 23.2 Å². The predicted molar refractivity (Wildman–Crippen MR) is 80.0 cm³/mol. The Morgan fingerprint density at radius 3 is 2.60 bits per heavy atom. The van der Waals surface area contributed by atoms with Gasteiger partial charge < -0.3 is 5.32 Å². The Kier molecular flexibility index (Phi) is 3.22. The van der Waals surface area contributed by atoms with Gasteiger partial charge in [-0.15, -0.1) is 0 Å². The second kappa shape index (κ2) is 4.91. The number of aryl methyl sites for hydroxylation is 1. The molecule has 0 bridgehead atoms. The Bertz CT molecular complexity index is 651. The number of nitrogens with one attached hydrogen (secondary N) is 1. The van der Waals surface area contributed by atoms with Crippen LogP contribution < -0.4 is 5.32 Å². The SMILES string of the molecule is Cc1cc(NC(=O)C2(c3ccccc3)CC2)cnc1Cl. The van der Waals surface area contributed by atoms with Gasteiger partial charge in [0.1, 0.15) is 5.15 Å². The minimum Gasteiger partial charge on any atom is -0.324 e. The van der Waals surface area contributed by atoms with Gasteiger partial charge in [0.15, 0.2) is 0 Å². The first-order valence-corrected chi connectivity index (χ1v) is 6.99. The second-order valence-corrected chi connectivity index (χ2v) is 5.59. The first-order valence-electron chi connectivity index (χ1n) is 6.61. The van der Waals surface area contributed by atoms with Gasteiger partial charge in [-0.3, -0.25) is 4.79 Å². The van der Waals surface area contributed by atoms with Crippen molar-refractivity contribution in [1.29, 1.82) is 0 Å². The van der Waals surface area contributed by atoms with Crippen LogP contribution in [0, 0.1) is 6.92 Å². The van der Waals surface area contributed by atoms with E-state index in [4.69, 9.17) is 11.6 Å². The molecule has 20 heavy (non-hydrogen) atoms. The van der Waals surface area contributed by atoms with E-state index >= 15 is 0 Å². The lowest BCUT2D eigenvalue weighted by Crippen LogP contribution is -2.27. The van der Waals surface area contributed by atoms with Gasteiger partial charge in [-0.05, 0) is 37.0 Å². The van der Waals surface area contributed by atoms with Crippen LogP contribution in [-0.4, -0.2) is 10.9 Å². The lowest BCUT2D eigenvalue weighted by Gasteiger charge is -2.16. The molecule has 102 valence electrons. The molecule has 1 aromatic heterocycles. The van der Waals surface area contributed by atoms with E-state index in [-0.39, 0.29) is 11.3 Å². The minimum absolute atomic E-state index is 0.0345. The highest BCUT2D eigenvalue weighted by atomic mass is 35.5. The standard InChI is InChI=1S/C16H15ClN2O/c1-11-9-13(10-18-14(11)17)19-15(20)16(7-8-16)12-5-3-2-4-6-12/h2-6,9-10H,7-8H2,1H3,(H,19,20). The number of amides is 1. The summed E-state index contributed by atoms with van der Waals surface area (Å²) in [6, 6.07) is 11.8. The van der Waals surface area contributed by atoms with Gasteiger partial charge in [0.2, 0.25) is 5.91 Å². The Labute approximate surface area is 123 Å². The van der Waals surface area contributed by atoms with Crippen molar-refractivity contribution in [3.63, 3.8) is 0 Å². The van der Waals surface area contributed by atoms with Crippen LogP contribution in [0.1, 0.15) is 24.0 Å². The number of anilines is 1. The number of aromatic nitrogens is 1. The average Bonchev–Trinajstić information content (AvgIpc) is 3.26. The van der Waals surface area contributed by atoms with Crippen LogP contribution in [0.4, 0.5) is 5.69 Å². The summed E-state index contributed by atoms with van der Waals surface area (Å²) in [4.78, 5) is 16.6. The minimum atomic E-state index is -0.366. The zero-order chi connectivity index (χ0) is 14.2. The topological polar surface area (TPSA) is 42.0 Å². The maximum atomic E-state index is 12.5. The third-order valence-corrected chi connectivity index (χ3v) is 4.18. The smallest absolute Gasteiger partial charge is 0.235 e. The number of hydrogen-bond acceptors (Lipinski definition) is 2. The van der Waals surface area contributed by atoms with Crippen LogP contribution in [0.25, 0.3) is 0 Å². The fraction of sp³-hybridized carbons (Fsp3) is 0.250. The number of pyridine rings is 1. The van der Waals surface area contributed by atoms with Gasteiger partial charge in [-0.1, -0.05) is 41.9 Å². The van der Waals surface area contributed by atoms with E-state index < -0.39 is 0 Å². The van der Waals surface area contributed by atoms with Gasteiger partial charge in [0.25, 0.3) is 0 Å². The largest absolute Gasteiger partial charge is 0.324 e. The fourth-order valence-electron chi connectivity index (χ4n) is 2.41. The highest BCUT2D eigenvalue weighted by Crippen LogP contribution is 2.48. The highest BCUT2D eigenvalue weighted by molar-refractivity contribution is 6.30. The lowest BCUT2D eigenvalue weighted by molar-refractivity contribution is -0.118. The molecule has 1 fully saturated rings. The van der Waals surface area contributed by atoms with Gasteiger partial charge in [-0.2, -0.15) is 0 Å². The highest BCUT2D eigenvalue weighted by Gasteiger charge is 2.51. The molecule has 0 atom stereocenters. The number of carbonyl (C=O) groups excluding carboxylic acids is 1. The Morgan fingerprint density at radius 2 is 2.00 bits per heavy atom. The molecular weight excluding hydrogens is 272 g/mol. The summed E-state index contributed by atoms with van der Waals surface area (Å²) in [7, 11) is 0. The molecule has 4 heteroatoms. The zero-order valence-corrected chi connectivity index (χ0v) is 11.9. The van der Waals surface area contributed by atoms with Crippen molar-refractivity contribution in [2.75, 3.05) is 5.32 Å². The van der Waals surface area contributed by atoms with E-state index in [0.717, 1.165) is 24.0 Å². The molecule has 1 aliphatic carbocycles. The van der Waals surface area contributed by atoms with Crippen LogP contribution in [-0.2, 0) is 10.2 Å². The quantitative estimate of drug-likeness (QED) is 0.874. The lowest BCUT2D eigenvalue weighted by atomic mass is 9.95. The third-order valence-electron chi connectivity index (χ3n) is 3.78. The van der Waals surface area contributed by atoms with E-state index in [2.05, 4.69) is 10.3 Å². The van der Waals surface area contributed by atoms with Crippen LogP contribution in [0.15, 0.2) is 42.6 Å². The molecule has 1 saturated carbocycles. The van der Waals surface area contributed by atoms with Gasteiger partial charge in [0.05, 0.1) is 17.3 Å². The number of hydrogen-bond donors (Lipinski definition) is 1. The van der Waals surface area contributed by atoms with Crippen molar-refractivity contribution < 1.29 is 4.79 Å². The summed E-state index contributed by atoms with van der Waals surface area (Å²) >= 11 is 5.89. The van der Waals surface area contributed by atoms with Crippen molar-refractivity contribution in [3.05, 3.63) is 58.9 Å². The van der Waals surface area contributed by atoms with Crippen molar-refractivity contribution in [2.24, 2.45) is 0 Å². The van der Waals surface area contributed by atoms with E-state index in [9.17, 15) is 4.79 Å². The molecule has 0 aliphatic heterocycles. The van der Waals surface area contributed by atoms with Gasteiger partial charge in [-0.25, -0.2) is 4.98 Å². The molecule has 0 radical (unpaired) electrons. The summed E-state index contributed by atoms with van der Waals surface area (Å²) in [6.07, 6.45) is 3.38. The number of halogens is 1. The number of carbonyl (C=O) groups is 1. The molecule has 3 rings (SSSR count). The molecule has 1 aromatic carbocycles. The van der Waals surface area contributed by atoms with Crippen LogP contribution in [0.3, 0.4) is 0 Å². The molecule has 3 nitrogen and oxygen atoms in total. The Balaban J connectivity index is 1.81. The third kappa shape index (κ3) is 2.29. The molecule has 2 aromatic rings. The maximum absolute atomic E-state index is 12.5. The second-order valence-electron chi connectivity index (χ2n) is 5.23. The number of rotatable bonds is 3. The monoisotopic (exact) mass is 286 g/mol. The van der Waals surface area contributed by atoms with E-state index in [0.29, 0.717) is 10.8 Å². The molecule has 0 saturated heterocycles. The van der Waals surface area contributed by atoms with E-state index in [1.165, 1.54) is 0 Å². The molecule has 1 heterocycles.